The largest absolute Gasteiger partial charge is 0.507 e. The highest BCUT2D eigenvalue weighted by Crippen LogP contribution is 2.46. The lowest BCUT2D eigenvalue weighted by Gasteiger charge is -2.31. The number of phenolic OH excluding ortho intramolecular Hbond substituents is 1. The first-order valence-corrected chi connectivity index (χ1v) is 9.65. The van der Waals surface area contributed by atoms with Crippen LogP contribution in [0.25, 0.3) is 0 Å². The fourth-order valence-electron chi connectivity index (χ4n) is 3.97. The van der Waals surface area contributed by atoms with Crippen LogP contribution < -0.4 is 4.74 Å². The Morgan fingerprint density at radius 3 is 2.57 bits per heavy atom. The van der Waals surface area contributed by atoms with Crippen LogP contribution in [-0.2, 0) is 11.2 Å². The third-order valence-electron chi connectivity index (χ3n) is 5.67. The van der Waals surface area contributed by atoms with E-state index in [9.17, 15) is 29.7 Å². The summed E-state index contributed by atoms with van der Waals surface area (Å²) in [6.07, 6.45) is 0.568. The number of ether oxygens (including phenoxy) is 1. The van der Waals surface area contributed by atoms with Gasteiger partial charge in [0, 0.05) is 22.6 Å². The highest BCUT2D eigenvalue weighted by molar-refractivity contribution is 6.30. The lowest BCUT2D eigenvalue weighted by Crippen LogP contribution is -2.26. The second-order valence-corrected chi connectivity index (χ2v) is 7.55. The molecule has 1 aliphatic carbocycles. The Balaban J connectivity index is 2.01. The third-order valence-corrected chi connectivity index (χ3v) is 5.67. The second kappa shape index (κ2) is 7.11. The summed E-state index contributed by atoms with van der Waals surface area (Å²) in [7, 11) is 0. The summed E-state index contributed by atoms with van der Waals surface area (Å²) in [5.41, 5.74) is 0.219. The van der Waals surface area contributed by atoms with Gasteiger partial charge in [-0.15, -0.1) is 0 Å². The van der Waals surface area contributed by atoms with Gasteiger partial charge in [-0.3, -0.25) is 14.4 Å². The van der Waals surface area contributed by atoms with Gasteiger partial charge in [-0.2, -0.15) is 0 Å². The summed E-state index contributed by atoms with van der Waals surface area (Å²) >= 11 is 0. The van der Waals surface area contributed by atoms with Gasteiger partial charge in [0.1, 0.15) is 23.4 Å². The molecule has 2 aliphatic rings. The van der Waals surface area contributed by atoms with Gasteiger partial charge in [-0.1, -0.05) is 26.0 Å². The Morgan fingerprint density at radius 1 is 1.17 bits per heavy atom. The first-order chi connectivity index (χ1) is 14.2. The number of phenols is 1. The smallest absolute Gasteiger partial charge is 0.307 e. The van der Waals surface area contributed by atoms with Crippen LogP contribution in [0, 0.1) is 5.92 Å². The fraction of sp³-hybridized carbons (Fsp3) is 0.261. The lowest BCUT2D eigenvalue weighted by molar-refractivity contribution is -0.136. The molecular formula is C23H20O7. The van der Waals surface area contributed by atoms with Gasteiger partial charge in [0.2, 0.25) is 5.78 Å². The summed E-state index contributed by atoms with van der Waals surface area (Å²) in [6.45, 7) is 3.83. The Kier molecular flexibility index (Phi) is 4.70. The topological polar surface area (TPSA) is 121 Å². The van der Waals surface area contributed by atoms with Crippen LogP contribution in [0.5, 0.6) is 11.5 Å². The van der Waals surface area contributed by atoms with Crippen molar-refractivity contribution in [2.24, 2.45) is 5.92 Å². The van der Waals surface area contributed by atoms with Crippen LogP contribution >= 0.6 is 0 Å². The van der Waals surface area contributed by atoms with Crippen LogP contribution in [0.2, 0.25) is 0 Å². The Labute approximate surface area is 172 Å². The van der Waals surface area contributed by atoms with Crippen molar-refractivity contribution in [3.05, 3.63) is 69.5 Å². The van der Waals surface area contributed by atoms with Gasteiger partial charge < -0.3 is 20.1 Å². The normalized spacial score (nSPS) is 18.0. The standard InChI is InChI=1S/C23H20O7/c1-3-10(2)16-9-15(25)18-11(8-17(26)27)7-13-20(23(18)30-16)22(29)19-12(21(13)28)5-4-6-14(19)24/h4-7,9-10,15,24-25H,3,8H2,1-2H3,(H,26,27). The third kappa shape index (κ3) is 2.90. The van der Waals surface area contributed by atoms with E-state index in [-0.39, 0.29) is 50.8 Å². The monoisotopic (exact) mass is 408 g/mol. The van der Waals surface area contributed by atoms with E-state index >= 15 is 0 Å². The Hall–Kier alpha value is -3.45. The molecule has 0 aromatic heterocycles. The summed E-state index contributed by atoms with van der Waals surface area (Å²) in [5.74, 6) is -2.22. The number of aliphatic carboxylic acids is 1. The van der Waals surface area contributed by atoms with Crippen LogP contribution in [-0.4, -0.2) is 32.9 Å². The van der Waals surface area contributed by atoms with Crippen molar-refractivity contribution in [1.82, 2.24) is 0 Å². The number of hydrogen-bond donors (Lipinski definition) is 3. The minimum atomic E-state index is -1.19. The number of aliphatic hydroxyl groups is 1. The van der Waals surface area contributed by atoms with E-state index in [0.717, 1.165) is 0 Å². The summed E-state index contributed by atoms with van der Waals surface area (Å²) in [5, 5.41) is 30.3. The molecule has 0 fully saturated rings. The predicted molar refractivity (Wildman–Crippen MR) is 106 cm³/mol. The summed E-state index contributed by atoms with van der Waals surface area (Å²) in [6, 6.07) is 5.56. The van der Waals surface area contributed by atoms with E-state index in [4.69, 9.17) is 4.74 Å². The number of benzene rings is 2. The molecular weight excluding hydrogens is 388 g/mol. The van der Waals surface area contributed by atoms with Crippen molar-refractivity contribution >= 4 is 17.5 Å². The Morgan fingerprint density at radius 2 is 1.90 bits per heavy atom. The highest BCUT2D eigenvalue weighted by atomic mass is 16.5. The average molecular weight is 408 g/mol. The van der Waals surface area contributed by atoms with Gasteiger partial charge in [-0.05, 0) is 30.2 Å². The van der Waals surface area contributed by atoms with Crippen molar-refractivity contribution in [3.63, 3.8) is 0 Å². The zero-order valence-corrected chi connectivity index (χ0v) is 16.4. The molecule has 4 rings (SSSR count). The number of aromatic hydroxyl groups is 1. The predicted octanol–water partition coefficient (Wildman–Crippen LogP) is 3.15. The van der Waals surface area contributed by atoms with Crippen molar-refractivity contribution in [2.75, 3.05) is 0 Å². The van der Waals surface area contributed by atoms with Crippen molar-refractivity contribution < 1.29 is 34.4 Å². The lowest BCUT2D eigenvalue weighted by atomic mass is 9.79. The molecule has 0 bridgehead atoms. The zero-order chi connectivity index (χ0) is 21.7. The van der Waals surface area contributed by atoms with Crippen molar-refractivity contribution in [2.45, 2.75) is 32.8 Å². The summed E-state index contributed by atoms with van der Waals surface area (Å²) < 4.78 is 6.00. The van der Waals surface area contributed by atoms with Crippen LogP contribution in [0.4, 0.5) is 0 Å². The van der Waals surface area contributed by atoms with E-state index in [1.807, 2.05) is 13.8 Å². The molecule has 1 aliphatic heterocycles. The molecule has 7 heteroatoms. The van der Waals surface area contributed by atoms with Gasteiger partial charge in [0.25, 0.3) is 0 Å². The molecule has 0 saturated carbocycles. The molecule has 2 atom stereocenters. The van der Waals surface area contributed by atoms with E-state index in [2.05, 4.69) is 0 Å². The van der Waals surface area contributed by atoms with Gasteiger partial charge in [-0.25, -0.2) is 0 Å². The molecule has 2 unspecified atom stereocenters. The SMILES string of the molecule is CCC(C)C1=CC(O)c2c(CC(=O)O)cc3c(c2O1)C(=O)c1c(O)cccc1C3=O. The van der Waals surface area contributed by atoms with E-state index in [1.165, 1.54) is 30.3 Å². The number of rotatable bonds is 4. The van der Waals surface area contributed by atoms with E-state index in [1.54, 1.807) is 0 Å². The van der Waals surface area contributed by atoms with E-state index in [0.29, 0.717) is 12.2 Å². The Bertz CT molecular complexity index is 1140. The molecule has 30 heavy (non-hydrogen) atoms. The molecule has 1 heterocycles. The van der Waals surface area contributed by atoms with Crippen LogP contribution in [0.1, 0.15) is 69.3 Å². The molecule has 154 valence electrons. The number of hydrogen-bond acceptors (Lipinski definition) is 6. The maximum absolute atomic E-state index is 13.3. The summed E-state index contributed by atoms with van der Waals surface area (Å²) in [4.78, 5) is 37.9. The molecule has 2 aromatic rings. The van der Waals surface area contributed by atoms with E-state index < -0.39 is 30.1 Å². The molecule has 0 saturated heterocycles. The zero-order valence-electron chi connectivity index (χ0n) is 16.4. The minimum absolute atomic E-state index is 0.00528. The molecule has 0 spiro atoms. The van der Waals surface area contributed by atoms with Crippen LogP contribution in [0.3, 0.4) is 0 Å². The number of carboxylic acids is 1. The number of aliphatic hydroxyl groups excluding tert-OH is 1. The number of carbonyl (C=O) groups excluding carboxylic acids is 2. The first kappa shape index (κ1) is 19.8. The van der Waals surface area contributed by atoms with Crippen molar-refractivity contribution in [1.29, 1.82) is 0 Å². The molecule has 0 radical (unpaired) electrons. The first-order valence-electron chi connectivity index (χ1n) is 9.65. The van der Waals surface area contributed by atoms with Crippen LogP contribution in [0.15, 0.2) is 36.1 Å². The quantitative estimate of drug-likeness (QED) is 0.606. The number of allylic oxidation sites excluding steroid dienone is 1. The molecule has 0 amide bonds. The number of fused-ring (bicyclic) bond motifs is 4. The minimum Gasteiger partial charge on any atom is -0.507 e. The fourth-order valence-corrected chi connectivity index (χ4v) is 3.97. The number of carboxylic acid groups (broad SMARTS) is 1. The molecule has 7 nitrogen and oxygen atoms in total. The molecule has 2 aromatic carbocycles. The highest BCUT2D eigenvalue weighted by Gasteiger charge is 2.39. The second-order valence-electron chi connectivity index (χ2n) is 7.55. The number of carbonyl (C=O) groups is 3. The maximum atomic E-state index is 13.3. The van der Waals surface area contributed by atoms with Gasteiger partial charge in [0.05, 0.1) is 17.5 Å². The average Bonchev–Trinajstić information content (AvgIpc) is 2.70. The van der Waals surface area contributed by atoms with Crippen molar-refractivity contribution in [3.8, 4) is 11.5 Å². The van der Waals surface area contributed by atoms with Gasteiger partial charge >= 0.3 is 5.97 Å². The molecule has 3 N–H and O–H groups in total. The number of ketones is 2. The maximum Gasteiger partial charge on any atom is 0.307 e. The van der Waals surface area contributed by atoms with Gasteiger partial charge in [0.15, 0.2) is 5.78 Å².